The molecule has 0 N–H and O–H groups in total. The molecular formula is C33H29BN2. The molecule has 1 aromatic heterocycles. The first-order chi connectivity index (χ1) is 17.5. The van der Waals surface area contributed by atoms with Crippen LogP contribution in [0.4, 0.5) is 5.69 Å². The zero-order chi connectivity index (χ0) is 24.0. The van der Waals surface area contributed by atoms with E-state index >= 15 is 0 Å². The molecular weight excluding hydrogens is 435 g/mol. The van der Waals surface area contributed by atoms with E-state index in [2.05, 4.69) is 103 Å². The Labute approximate surface area is 212 Å². The zero-order valence-electron chi connectivity index (χ0n) is 21.2. The maximum absolute atomic E-state index is 2.91. The first-order valence-corrected chi connectivity index (χ1v) is 13.6. The Balaban J connectivity index is 1.51. The van der Waals surface area contributed by atoms with E-state index in [9.17, 15) is 0 Å². The summed E-state index contributed by atoms with van der Waals surface area (Å²) in [7, 11) is 0. The van der Waals surface area contributed by atoms with Crippen LogP contribution in [0.15, 0.2) is 72.8 Å². The van der Waals surface area contributed by atoms with Crippen molar-refractivity contribution in [2.45, 2.75) is 57.4 Å². The van der Waals surface area contributed by atoms with Crippen molar-refractivity contribution in [1.82, 2.24) is 4.57 Å². The van der Waals surface area contributed by atoms with E-state index in [1.165, 1.54) is 86.5 Å². The van der Waals surface area contributed by atoms with E-state index in [-0.39, 0.29) is 17.8 Å². The minimum atomic E-state index is 0.102. The summed E-state index contributed by atoms with van der Waals surface area (Å²) in [5, 5.41) is 2.74. The molecule has 0 amide bonds. The Morgan fingerprint density at radius 2 is 1.61 bits per heavy atom. The van der Waals surface area contributed by atoms with Crippen molar-refractivity contribution in [3.63, 3.8) is 0 Å². The van der Waals surface area contributed by atoms with Crippen molar-refractivity contribution < 1.29 is 0 Å². The fourth-order valence-corrected chi connectivity index (χ4v) is 8.84. The molecule has 9 rings (SSSR count). The number of hydrogen-bond donors (Lipinski definition) is 0. The van der Waals surface area contributed by atoms with Crippen LogP contribution in [-0.2, 0) is 5.41 Å². The molecule has 5 aromatic rings. The Hall–Kier alpha value is -3.46. The summed E-state index contributed by atoms with van der Waals surface area (Å²) in [4.78, 5) is 2.91. The van der Waals surface area contributed by atoms with Gasteiger partial charge in [0.2, 0.25) is 0 Å². The second-order valence-corrected chi connectivity index (χ2v) is 12.1. The van der Waals surface area contributed by atoms with Gasteiger partial charge in [-0.3, -0.25) is 0 Å². The molecule has 4 heterocycles. The van der Waals surface area contributed by atoms with Crippen molar-refractivity contribution in [1.29, 1.82) is 0 Å². The highest BCUT2D eigenvalue weighted by Crippen LogP contribution is 2.62. The standard InChI is InChI=1S/C33H29BN2/c1-20-18-24-23-11-8-13-25-30(23)36(33(3)17-7-6-16-32(25,33)2)34-26-14-9-12-22-21-10-4-5-15-27(21)35(31(22)26)28(19-20)29(24)34/h4-5,8-15,18-19H,6-7,16-17H2,1-3H3. The summed E-state index contributed by atoms with van der Waals surface area (Å²) in [5.74, 6) is 0. The van der Waals surface area contributed by atoms with Gasteiger partial charge in [0.1, 0.15) is 0 Å². The molecule has 0 bridgehead atoms. The van der Waals surface area contributed by atoms with Crippen LogP contribution >= 0.6 is 0 Å². The van der Waals surface area contributed by atoms with Gasteiger partial charge in [-0.1, -0.05) is 80.4 Å². The van der Waals surface area contributed by atoms with E-state index in [1.807, 2.05) is 0 Å². The first-order valence-electron chi connectivity index (χ1n) is 13.6. The highest BCUT2D eigenvalue weighted by Gasteiger charge is 2.62. The van der Waals surface area contributed by atoms with Crippen LogP contribution in [-0.4, -0.2) is 17.0 Å². The molecule has 36 heavy (non-hydrogen) atoms. The Morgan fingerprint density at radius 1 is 0.806 bits per heavy atom. The van der Waals surface area contributed by atoms with Crippen LogP contribution in [0.25, 0.3) is 38.6 Å². The van der Waals surface area contributed by atoms with Gasteiger partial charge in [0, 0.05) is 38.7 Å². The molecule has 1 aliphatic carbocycles. The molecule has 2 atom stereocenters. The summed E-state index contributed by atoms with van der Waals surface area (Å²) in [6, 6.07) is 28.1. The molecule has 174 valence electrons. The van der Waals surface area contributed by atoms with Gasteiger partial charge in [0.05, 0.1) is 11.0 Å². The number of aryl methyl sites for hydroxylation is 1. The SMILES string of the molecule is Cc1cc2c3c(c1)-n1c4ccccc4c4cccc(c41)B3N1c3c-2cccc3C2(C)CCCCC12C. The molecule has 4 aliphatic rings. The number of hydrogen-bond acceptors (Lipinski definition) is 1. The predicted octanol–water partition coefficient (Wildman–Crippen LogP) is 6.60. The second kappa shape index (κ2) is 6.09. The summed E-state index contributed by atoms with van der Waals surface area (Å²) < 4.78 is 2.58. The molecule has 3 heteroatoms. The molecule has 1 fully saturated rings. The quantitative estimate of drug-likeness (QED) is 0.235. The number of nitrogens with zero attached hydrogens (tertiary/aromatic N) is 2. The lowest BCUT2D eigenvalue weighted by Gasteiger charge is -2.54. The molecule has 4 aromatic carbocycles. The summed E-state index contributed by atoms with van der Waals surface area (Å²) >= 11 is 0. The van der Waals surface area contributed by atoms with Crippen LogP contribution in [0.1, 0.15) is 50.7 Å². The van der Waals surface area contributed by atoms with Gasteiger partial charge < -0.3 is 9.38 Å². The van der Waals surface area contributed by atoms with Crippen LogP contribution in [0, 0.1) is 6.92 Å². The average molecular weight is 464 g/mol. The smallest absolute Gasteiger partial charge is 0.328 e. The Bertz CT molecular complexity index is 1810. The van der Waals surface area contributed by atoms with Crippen molar-refractivity contribution >= 4 is 45.3 Å². The van der Waals surface area contributed by atoms with Crippen LogP contribution in [0.2, 0.25) is 0 Å². The minimum absolute atomic E-state index is 0.102. The van der Waals surface area contributed by atoms with Crippen LogP contribution < -0.4 is 15.7 Å². The van der Waals surface area contributed by atoms with Crippen molar-refractivity contribution in [2.75, 3.05) is 4.81 Å². The molecule has 1 saturated carbocycles. The first kappa shape index (κ1) is 19.7. The summed E-state index contributed by atoms with van der Waals surface area (Å²) in [6.07, 6.45) is 5.17. The van der Waals surface area contributed by atoms with E-state index < -0.39 is 0 Å². The number of para-hydroxylation sites is 3. The lowest BCUT2D eigenvalue weighted by molar-refractivity contribution is 0.199. The van der Waals surface area contributed by atoms with Gasteiger partial charge in [-0.25, -0.2) is 0 Å². The normalized spacial score (nSPS) is 24.8. The topological polar surface area (TPSA) is 8.17 Å². The summed E-state index contributed by atoms with van der Waals surface area (Å²) in [5.41, 5.74) is 14.7. The van der Waals surface area contributed by atoms with E-state index in [1.54, 1.807) is 5.56 Å². The lowest BCUT2D eigenvalue weighted by atomic mass is 9.42. The van der Waals surface area contributed by atoms with Gasteiger partial charge in [0.15, 0.2) is 0 Å². The van der Waals surface area contributed by atoms with E-state index in [4.69, 9.17) is 0 Å². The third-order valence-corrected chi connectivity index (χ3v) is 10.6. The fourth-order valence-electron chi connectivity index (χ4n) is 8.84. The monoisotopic (exact) mass is 464 g/mol. The second-order valence-electron chi connectivity index (χ2n) is 12.1. The number of fused-ring (bicyclic) bond motifs is 10. The van der Waals surface area contributed by atoms with Gasteiger partial charge >= 0.3 is 6.85 Å². The van der Waals surface area contributed by atoms with Crippen molar-refractivity contribution in [3.8, 4) is 16.8 Å². The average Bonchev–Trinajstić information content (AvgIpc) is 3.33. The molecule has 2 nitrogen and oxygen atoms in total. The number of aromatic nitrogens is 1. The highest BCUT2D eigenvalue weighted by molar-refractivity contribution is 6.93. The third kappa shape index (κ3) is 1.93. The zero-order valence-corrected chi connectivity index (χ0v) is 21.2. The largest absolute Gasteiger partial charge is 0.400 e. The highest BCUT2D eigenvalue weighted by atomic mass is 15.2. The molecule has 0 saturated heterocycles. The minimum Gasteiger partial charge on any atom is -0.400 e. The van der Waals surface area contributed by atoms with Crippen LogP contribution in [0.5, 0.6) is 0 Å². The molecule has 0 radical (unpaired) electrons. The van der Waals surface area contributed by atoms with Gasteiger partial charge in [-0.15, -0.1) is 0 Å². The number of anilines is 1. The predicted molar refractivity (Wildman–Crippen MR) is 153 cm³/mol. The number of benzene rings is 4. The Morgan fingerprint density at radius 3 is 2.53 bits per heavy atom. The maximum Gasteiger partial charge on any atom is 0.328 e. The van der Waals surface area contributed by atoms with Gasteiger partial charge in [0.25, 0.3) is 0 Å². The lowest BCUT2D eigenvalue weighted by Crippen LogP contribution is -2.70. The third-order valence-electron chi connectivity index (χ3n) is 10.6. The fraction of sp³-hybridized carbons (Fsp3) is 0.273. The van der Waals surface area contributed by atoms with Crippen molar-refractivity contribution in [3.05, 3.63) is 83.9 Å². The molecule has 3 aliphatic heterocycles. The Kier molecular flexibility index (Phi) is 3.33. The van der Waals surface area contributed by atoms with E-state index in [0.29, 0.717) is 0 Å². The molecule has 0 spiro atoms. The van der Waals surface area contributed by atoms with Crippen LogP contribution in [0.3, 0.4) is 0 Å². The molecule has 2 unspecified atom stereocenters. The van der Waals surface area contributed by atoms with E-state index in [0.717, 1.165) is 0 Å². The van der Waals surface area contributed by atoms with Crippen molar-refractivity contribution in [2.24, 2.45) is 0 Å². The van der Waals surface area contributed by atoms with Gasteiger partial charge in [-0.05, 0) is 66.4 Å². The maximum atomic E-state index is 2.91. The van der Waals surface area contributed by atoms with Gasteiger partial charge in [-0.2, -0.15) is 0 Å². The summed E-state index contributed by atoms with van der Waals surface area (Å²) in [6.45, 7) is 7.67. The number of rotatable bonds is 0.